The van der Waals surface area contributed by atoms with Crippen LogP contribution in [-0.4, -0.2) is 25.8 Å². The molecule has 2 atom stereocenters. The monoisotopic (exact) mass is 293 g/mol. The van der Waals surface area contributed by atoms with Crippen molar-refractivity contribution in [1.82, 2.24) is 19.7 Å². The minimum atomic E-state index is 0.298. The van der Waals surface area contributed by atoms with Crippen LogP contribution in [0.4, 0.5) is 0 Å². The number of rotatable bonds is 2. The van der Waals surface area contributed by atoms with Gasteiger partial charge in [-0.3, -0.25) is 9.67 Å². The largest absolute Gasteiger partial charge is 0.328 e. The van der Waals surface area contributed by atoms with Crippen LogP contribution in [0.15, 0.2) is 42.9 Å². The first kappa shape index (κ1) is 13.4. The second-order valence-corrected chi connectivity index (χ2v) is 6.03. The molecule has 5 nitrogen and oxygen atoms in total. The van der Waals surface area contributed by atoms with Crippen molar-refractivity contribution >= 4 is 11.0 Å². The highest BCUT2D eigenvalue weighted by molar-refractivity contribution is 5.76. The van der Waals surface area contributed by atoms with Crippen LogP contribution in [0, 0.1) is 0 Å². The summed E-state index contributed by atoms with van der Waals surface area (Å²) in [5, 5.41) is 4.52. The minimum Gasteiger partial charge on any atom is -0.328 e. The number of hydrogen-bond donors (Lipinski definition) is 1. The molecule has 2 unspecified atom stereocenters. The van der Waals surface area contributed by atoms with Crippen LogP contribution in [-0.2, 0) is 0 Å². The Morgan fingerprint density at radius 1 is 1.09 bits per heavy atom. The van der Waals surface area contributed by atoms with Crippen LogP contribution in [0.25, 0.3) is 22.3 Å². The Kier molecular flexibility index (Phi) is 3.35. The summed E-state index contributed by atoms with van der Waals surface area (Å²) in [6.07, 6.45) is 10.2. The van der Waals surface area contributed by atoms with Gasteiger partial charge in [-0.1, -0.05) is 12.1 Å². The van der Waals surface area contributed by atoms with Gasteiger partial charge in [-0.05, 0) is 37.8 Å². The van der Waals surface area contributed by atoms with Gasteiger partial charge < -0.3 is 5.73 Å². The Hall–Kier alpha value is -2.27. The second kappa shape index (κ2) is 5.50. The Balaban J connectivity index is 1.64. The van der Waals surface area contributed by atoms with Crippen LogP contribution in [0.2, 0.25) is 0 Å². The molecule has 1 aliphatic rings. The average molecular weight is 293 g/mol. The SMILES string of the molecule is NC1CCCC(n2cc(-c3cnc4ccccc4n3)cn2)C1. The van der Waals surface area contributed by atoms with Crippen molar-refractivity contribution < 1.29 is 0 Å². The Labute approximate surface area is 129 Å². The molecule has 1 fully saturated rings. The summed E-state index contributed by atoms with van der Waals surface area (Å²) in [4.78, 5) is 9.15. The minimum absolute atomic E-state index is 0.298. The quantitative estimate of drug-likeness (QED) is 0.788. The van der Waals surface area contributed by atoms with Gasteiger partial charge >= 0.3 is 0 Å². The molecule has 0 bridgehead atoms. The lowest BCUT2D eigenvalue weighted by Crippen LogP contribution is -2.29. The van der Waals surface area contributed by atoms with Crippen molar-refractivity contribution in [3.8, 4) is 11.3 Å². The van der Waals surface area contributed by atoms with Gasteiger partial charge in [0.05, 0.1) is 35.2 Å². The van der Waals surface area contributed by atoms with E-state index in [1.807, 2.05) is 41.3 Å². The molecule has 112 valence electrons. The average Bonchev–Trinajstić information content (AvgIpc) is 3.04. The molecule has 3 aromatic rings. The van der Waals surface area contributed by atoms with Gasteiger partial charge in [0.15, 0.2) is 0 Å². The molecule has 1 saturated carbocycles. The zero-order valence-electron chi connectivity index (χ0n) is 12.4. The van der Waals surface area contributed by atoms with E-state index >= 15 is 0 Å². The molecular weight excluding hydrogens is 274 g/mol. The first-order valence-electron chi connectivity index (χ1n) is 7.81. The molecule has 1 aliphatic carbocycles. The van der Waals surface area contributed by atoms with E-state index in [0.29, 0.717) is 12.1 Å². The normalized spacial score (nSPS) is 22.0. The van der Waals surface area contributed by atoms with Crippen molar-refractivity contribution in [2.24, 2.45) is 5.73 Å². The van der Waals surface area contributed by atoms with Gasteiger partial charge in [0.25, 0.3) is 0 Å². The summed E-state index contributed by atoms with van der Waals surface area (Å²) >= 11 is 0. The molecule has 5 heteroatoms. The van der Waals surface area contributed by atoms with E-state index in [1.54, 1.807) is 0 Å². The molecule has 22 heavy (non-hydrogen) atoms. The molecule has 2 N–H and O–H groups in total. The van der Waals surface area contributed by atoms with E-state index in [9.17, 15) is 0 Å². The third kappa shape index (κ3) is 2.48. The topological polar surface area (TPSA) is 69.6 Å². The van der Waals surface area contributed by atoms with Crippen LogP contribution in [0.5, 0.6) is 0 Å². The van der Waals surface area contributed by atoms with Gasteiger partial charge in [-0.25, -0.2) is 4.98 Å². The van der Waals surface area contributed by atoms with Crippen molar-refractivity contribution in [2.45, 2.75) is 37.8 Å². The first-order chi connectivity index (χ1) is 10.8. The zero-order valence-corrected chi connectivity index (χ0v) is 12.4. The number of para-hydroxylation sites is 2. The molecule has 0 spiro atoms. The van der Waals surface area contributed by atoms with E-state index in [-0.39, 0.29) is 0 Å². The number of benzene rings is 1. The first-order valence-corrected chi connectivity index (χ1v) is 7.81. The fourth-order valence-corrected chi connectivity index (χ4v) is 3.21. The number of fused-ring (bicyclic) bond motifs is 1. The molecular formula is C17H19N5. The van der Waals surface area contributed by atoms with Crippen molar-refractivity contribution in [3.05, 3.63) is 42.9 Å². The van der Waals surface area contributed by atoms with Crippen LogP contribution in [0.3, 0.4) is 0 Å². The van der Waals surface area contributed by atoms with Crippen LogP contribution >= 0.6 is 0 Å². The number of hydrogen-bond acceptors (Lipinski definition) is 4. The predicted octanol–water partition coefficient (Wildman–Crippen LogP) is 2.94. The highest BCUT2D eigenvalue weighted by Gasteiger charge is 2.21. The highest BCUT2D eigenvalue weighted by atomic mass is 15.3. The van der Waals surface area contributed by atoms with Crippen LogP contribution < -0.4 is 5.73 Å². The lowest BCUT2D eigenvalue weighted by molar-refractivity contribution is 0.300. The zero-order chi connectivity index (χ0) is 14.9. The standard InChI is InChI=1S/C17H19N5/c18-13-4-3-5-14(8-13)22-11-12(9-20-22)17-10-19-15-6-1-2-7-16(15)21-17/h1-2,6-7,9-11,13-14H,3-5,8,18H2. The maximum Gasteiger partial charge on any atom is 0.0924 e. The molecule has 4 rings (SSSR count). The number of nitrogens with zero attached hydrogens (tertiary/aromatic N) is 4. The van der Waals surface area contributed by atoms with Gasteiger partial charge in [-0.2, -0.15) is 5.10 Å². The van der Waals surface area contributed by atoms with E-state index in [0.717, 1.165) is 41.6 Å². The lowest BCUT2D eigenvalue weighted by atomic mass is 9.92. The van der Waals surface area contributed by atoms with Crippen LogP contribution in [0.1, 0.15) is 31.7 Å². The van der Waals surface area contributed by atoms with E-state index in [1.165, 1.54) is 6.42 Å². The smallest absolute Gasteiger partial charge is 0.0924 e. The maximum atomic E-state index is 6.08. The van der Waals surface area contributed by atoms with Gasteiger partial charge in [0, 0.05) is 17.8 Å². The maximum absolute atomic E-state index is 6.08. The summed E-state index contributed by atoms with van der Waals surface area (Å²) in [6, 6.07) is 8.61. The fraction of sp³-hybridized carbons (Fsp3) is 0.353. The summed E-state index contributed by atoms with van der Waals surface area (Å²) in [5.74, 6) is 0. The molecule has 1 aromatic carbocycles. The third-order valence-corrected chi connectivity index (χ3v) is 4.41. The van der Waals surface area contributed by atoms with Gasteiger partial charge in [-0.15, -0.1) is 0 Å². The van der Waals surface area contributed by atoms with E-state index < -0.39 is 0 Å². The molecule has 2 aromatic heterocycles. The Morgan fingerprint density at radius 3 is 2.82 bits per heavy atom. The second-order valence-electron chi connectivity index (χ2n) is 6.03. The Morgan fingerprint density at radius 2 is 1.95 bits per heavy atom. The van der Waals surface area contributed by atoms with E-state index in [4.69, 9.17) is 5.73 Å². The molecule has 0 amide bonds. The molecule has 0 aliphatic heterocycles. The lowest BCUT2D eigenvalue weighted by Gasteiger charge is -2.26. The fourth-order valence-electron chi connectivity index (χ4n) is 3.21. The number of nitrogens with two attached hydrogens (primary N) is 1. The molecule has 0 saturated heterocycles. The van der Waals surface area contributed by atoms with Crippen molar-refractivity contribution in [3.63, 3.8) is 0 Å². The van der Waals surface area contributed by atoms with Crippen molar-refractivity contribution in [2.75, 3.05) is 0 Å². The summed E-state index contributed by atoms with van der Waals surface area (Å²) < 4.78 is 2.05. The highest BCUT2D eigenvalue weighted by Crippen LogP contribution is 2.28. The Bertz CT molecular complexity index is 794. The summed E-state index contributed by atoms with van der Waals surface area (Å²) in [6.45, 7) is 0. The summed E-state index contributed by atoms with van der Waals surface area (Å²) in [5.41, 5.74) is 9.78. The van der Waals surface area contributed by atoms with Gasteiger partial charge in [0.2, 0.25) is 0 Å². The third-order valence-electron chi connectivity index (χ3n) is 4.41. The molecule has 0 radical (unpaired) electrons. The summed E-state index contributed by atoms with van der Waals surface area (Å²) in [7, 11) is 0. The predicted molar refractivity (Wildman–Crippen MR) is 86.2 cm³/mol. The van der Waals surface area contributed by atoms with Gasteiger partial charge in [0.1, 0.15) is 0 Å². The van der Waals surface area contributed by atoms with E-state index in [2.05, 4.69) is 21.3 Å². The molecule has 2 heterocycles. The van der Waals surface area contributed by atoms with Crippen molar-refractivity contribution in [1.29, 1.82) is 0 Å². The number of aromatic nitrogens is 4.